The average Bonchev–Trinajstić information content (AvgIpc) is 2.37. The number of benzene rings is 1. The first-order valence-corrected chi connectivity index (χ1v) is 8.28. The van der Waals surface area contributed by atoms with Gasteiger partial charge < -0.3 is 5.32 Å². The number of nitro groups is 1. The summed E-state index contributed by atoms with van der Waals surface area (Å²) in [6, 6.07) is 2.44. The molecule has 0 aromatic heterocycles. The van der Waals surface area contributed by atoms with Crippen LogP contribution >= 0.6 is 0 Å². The van der Waals surface area contributed by atoms with E-state index in [1.165, 1.54) is 12.1 Å². The lowest BCUT2D eigenvalue weighted by atomic mass is 10.1. The molecule has 1 aliphatic rings. The third-order valence-corrected chi connectivity index (χ3v) is 5.37. The van der Waals surface area contributed by atoms with E-state index in [-0.39, 0.29) is 16.6 Å². The fraction of sp³-hybridized carbons (Fsp3) is 0.538. The lowest BCUT2D eigenvalue weighted by molar-refractivity contribution is -0.385. The zero-order valence-corrected chi connectivity index (χ0v) is 12.9. The molecule has 7 nitrogen and oxygen atoms in total. The highest BCUT2D eigenvalue weighted by atomic mass is 32.2. The molecule has 1 aliphatic heterocycles. The monoisotopic (exact) mass is 313 g/mol. The second kappa shape index (κ2) is 6.08. The minimum atomic E-state index is -3.68. The molecule has 0 amide bonds. The first-order valence-electron chi connectivity index (χ1n) is 6.80. The molecular formula is C13H19N3O4S. The molecule has 1 atom stereocenters. The lowest BCUT2D eigenvalue weighted by Crippen LogP contribution is -2.45. The Balaban J connectivity index is 2.33. The van der Waals surface area contributed by atoms with E-state index in [1.807, 2.05) is 0 Å². The first-order chi connectivity index (χ1) is 9.81. The number of aryl methyl sites for hydroxylation is 2. The Labute approximate surface area is 123 Å². The highest BCUT2D eigenvalue weighted by molar-refractivity contribution is 7.89. The summed E-state index contributed by atoms with van der Waals surface area (Å²) in [6.07, 6.45) is 1.71. The van der Waals surface area contributed by atoms with Crippen molar-refractivity contribution in [3.05, 3.63) is 33.4 Å². The van der Waals surface area contributed by atoms with E-state index < -0.39 is 14.9 Å². The Morgan fingerprint density at radius 2 is 1.95 bits per heavy atom. The third-order valence-electron chi connectivity index (χ3n) is 3.54. The fourth-order valence-corrected chi connectivity index (χ4v) is 4.41. The van der Waals surface area contributed by atoms with E-state index in [4.69, 9.17) is 0 Å². The van der Waals surface area contributed by atoms with Crippen LogP contribution in [0.25, 0.3) is 0 Å². The van der Waals surface area contributed by atoms with Gasteiger partial charge in [-0.3, -0.25) is 10.1 Å². The van der Waals surface area contributed by atoms with Gasteiger partial charge in [0, 0.05) is 24.7 Å². The average molecular weight is 313 g/mol. The normalized spacial score (nSPS) is 19.4. The van der Waals surface area contributed by atoms with E-state index in [1.54, 1.807) is 13.8 Å². The first kappa shape index (κ1) is 15.9. The van der Waals surface area contributed by atoms with Crippen LogP contribution in [0.4, 0.5) is 5.69 Å². The van der Waals surface area contributed by atoms with Crippen LogP contribution in [0.2, 0.25) is 0 Å². The summed E-state index contributed by atoms with van der Waals surface area (Å²) in [6.45, 7) is 4.65. The van der Waals surface area contributed by atoms with Gasteiger partial charge in [-0.1, -0.05) is 0 Å². The number of hydrogen-bond donors (Lipinski definition) is 2. The second-order valence-corrected chi connectivity index (χ2v) is 6.98. The van der Waals surface area contributed by atoms with Crippen LogP contribution in [0.1, 0.15) is 24.0 Å². The zero-order chi connectivity index (χ0) is 15.6. The minimum absolute atomic E-state index is 0.0942. The molecule has 0 saturated carbocycles. The topological polar surface area (TPSA) is 101 Å². The molecule has 1 aromatic rings. The summed E-state index contributed by atoms with van der Waals surface area (Å²) in [5, 5.41) is 14.0. The Kier molecular flexibility index (Phi) is 4.60. The Morgan fingerprint density at radius 3 is 2.43 bits per heavy atom. The zero-order valence-electron chi connectivity index (χ0n) is 12.0. The summed E-state index contributed by atoms with van der Waals surface area (Å²) in [7, 11) is -3.68. The molecule has 1 fully saturated rings. The van der Waals surface area contributed by atoms with Gasteiger partial charge in [-0.15, -0.1) is 0 Å². The molecule has 0 spiro atoms. The Morgan fingerprint density at radius 1 is 1.33 bits per heavy atom. The van der Waals surface area contributed by atoms with Crippen LogP contribution in [-0.2, 0) is 10.0 Å². The van der Waals surface area contributed by atoms with E-state index >= 15 is 0 Å². The maximum atomic E-state index is 12.5. The van der Waals surface area contributed by atoms with Crippen molar-refractivity contribution in [3.8, 4) is 0 Å². The number of nitrogens with one attached hydrogen (secondary N) is 2. The smallest absolute Gasteiger partial charge is 0.270 e. The molecule has 2 N–H and O–H groups in total. The number of hydrogen-bond acceptors (Lipinski definition) is 5. The Bertz CT molecular complexity index is 628. The van der Waals surface area contributed by atoms with Crippen LogP contribution in [0.3, 0.4) is 0 Å². The van der Waals surface area contributed by atoms with Crippen molar-refractivity contribution < 1.29 is 13.3 Å². The van der Waals surface area contributed by atoms with E-state index in [0.29, 0.717) is 17.7 Å². The number of rotatable bonds is 4. The van der Waals surface area contributed by atoms with Crippen molar-refractivity contribution in [2.24, 2.45) is 0 Å². The van der Waals surface area contributed by atoms with Crippen LogP contribution in [-0.4, -0.2) is 32.5 Å². The minimum Gasteiger partial charge on any atom is -0.315 e. The number of non-ortho nitro benzene ring substituents is 1. The maximum absolute atomic E-state index is 12.5. The fourth-order valence-electron chi connectivity index (χ4n) is 2.69. The number of sulfonamides is 1. The van der Waals surface area contributed by atoms with Gasteiger partial charge in [0.05, 0.1) is 9.82 Å². The summed E-state index contributed by atoms with van der Waals surface area (Å²) >= 11 is 0. The third kappa shape index (κ3) is 3.58. The molecule has 1 saturated heterocycles. The molecular weight excluding hydrogens is 294 g/mol. The molecule has 2 rings (SSSR count). The maximum Gasteiger partial charge on any atom is 0.270 e. The summed E-state index contributed by atoms with van der Waals surface area (Å²) < 4.78 is 27.7. The van der Waals surface area contributed by atoms with Crippen LogP contribution in [0.5, 0.6) is 0 Å². The van der Waals surface area contributed by atoms with Gasteiger partial charge in [-0.05, 0) is 44.4 Å². The largest absolute Gasteiger partial charge is 0.315 e. The van der Waals surface area contributed by atoms with Crippen LogP contribution in [0.15, 0.2) is 17.0 Å². The van der Waals surface area contributed by atoms with Crippen molar-refractivity contribution in [2.75, 3.05) is 13.1 Å². The summed E-state index contributed by atoms with van der Waals surface area (Å²) in [5.74, 6) is 0. The van der Waals surface area contributed by atoms with Gasteiger partial charge in [0.25, 0.3) is 5.69 Å². The highest BCUT2D eigenvalue weighted by Gasteiger charge is 2.26. The van der Waals surface area contributed by atoms with Crippen molar-refractivity contribution in [1.82, 2.24) is 10.0 Å². The summed E-state index contributed by atoms with van der Waals surface area (Å²) in [5.41, 5.74) is 0.680. The van der Waals surface area contributed by atoms with Gasteiger partial charge in [-0.25, -0.2) is 13.1 Å². The van der Waals surface area contributed by atoms with Crippen LogP contribution in [0, 0.1) is 24.0 Å². The molecule has 1 unspecified atom stereocenters. The SMILES string of the molecule is Cc1cc([N+](=O)[O-])cc(C)c1S(=O)(=O)NC1CCCNC1. The molecule has 1 heterocycles. The molecule has 0 aliphatic carbocycles. The summed E-state index contributed by atoms with van der Waals surface area (Å²) in [4.78, 5) is 10.4. The van der Waals surface area contributed by atoms with Gasteiger partial charge >= 0.3 is 0 Å². The molecule has 21 heavy (non-hydrogen) atoms. The van der Waals surface area contributed by atoms with Crippen LogP contribution < -0.4 is 10.0 Å². The number of nitro benzene ring substituents is 1. The van der Waals surface area contributed by atoms with E-state index in [2.05, 4.69) is 10.0 Å². The van der Waals surface area contributed by atoms with Gasteiger partial charge in [0.2, 0.25) is 10.0 Å². The molecule has 0 bridgehead atoms. The van der Waals surface area contributed by atoms with E-state index in [0.717, 1.165) is 19.4 Å². The number of piperidine rings is 1. The number of nitrogens with zero attached hydrogens (tertiary/aromatic N) is 1. The lowest BCUT2D eigenvalue weighted by Gasteiger charge is -2.24. The van der Waals surface area contributed by atoms with Crippen molar-refractivity contribution in [3.63, 3.8) is 0 Å². The second-order valence-electron chi connectivity index (χ2n) is 5.33. The molecule has 0 radical (unpaired) electrons. The van der Waals surface area contributed by atoms with Crippen molar-refractivity contribution in [2.45, 2.75) is 37.6 Å². The van der Waals surface area contributed by atoms with Gasteiger partial charge in [0.1, 0.15) is 0 Å². The van der Waals surface area contributed by atoms with Crippen molar-refractivity contribution in [1.29, 1.82) is 0 Å². The predicted octanol–water partition coefficient (Wildman–Crippen LogP) is 1.24. The van der Waals surface area contributed by atoms with Crippen molar-refractivity contribution >= 4 is 15.7 Å². The van der Waals surface area contributed by atoms with E-state index in [9.17, 15) is 18.5 Å². The quantitative estimate of drug-likeness (QED) is 0.643. The molecule has 116 valence electrons. The highest BCUT2D eigenvalue weighted by Crippen LogP contribution is 2.26. The standard InChI is InChI=1S/C13H19N3O4S/c1-9-6-12(16(17)18)7-10(2)13(9)21(19,20)15-11-4-3-5-14-8-11/h6-7,11,14-15H,3-5,8H2,1-2H3. The predicted molar refractivity (Wildman–Crippen MR) is 78.8 cm³/mol. The van der Waals surface area contributed by atoms with Gasteiger partial charge in [0.15, 0.2) is 0 Å². The van der Waals surface area contributed by atoms with Gasteiger partial charge in [-0.2, -0.15) is 0 Å². The molecule has 8 heteroatoms. The Hall–Kier alpha value is -1.51. The molecule has 1 aromatic carbocycles.